The number of fused-ring (bicyclic) bond motifs is 1. The number of hydrogen-bond donors (Lipinski definition) is 1. The van der Waals surface area contributed by atoms with E-state index in [2.05, 4.69) is 4.98 Å². The number of ether oxygens (including phenoxy) is 3. The van der Waals surface area contributed by atoms with Crippen molar-refractivity contribution in [2.24, 2.45) is 5.92 Å². The predicted octanol–water partition coefficient (Wildman–Crippen LogP) is 4.94. The van der Waals surface area contributed by atoms with Gasteiger partial charge in [-0.05, 0) is 55.2 Å². The molecule has 4 rings (SSSR count). The molecule has 0 aliphatic heterocycles. The zero-order valence-electron chi connectivity index (χ0n) is 16.3. The molecule has 0 bridgehead atoms. The first-order valence-corrected chi connectivity index (χ1v) is 9.38. The van der Waals surface area contributed by atoms with Crippen molar-refractivity contribution in [1.29, 1.82) is 0 Å². The normalized spacial score (nSPS) is 13.2. The quantitative estimate of drug-likeness (QED) is 0.611. The number of benzene rings is 2. The molecule has 1 aromatic heterocycles. The van der Waals surface area contributed by atoms with Gasteiger partial charge in [-0.2, -0.15) is 0 Å². The van der Waals surface area contributed by atoms with Crippen LogP contribution < -0.4 is 19.1 Å². The largest absolute Gasteiger partial charge is 0.493 e. The molecule has 1 amide bonds. The highest BCUT2D eigenvalue weighted by molar-refractivity contribution is 5.88. The molecule has 3 aromatic rings. The number of hydrogen-bond acceptors (Lipinski definition) is 5. The monoisotopic (exact) mass is 394 g/mol. The lowest BCUT2D eigenvalue weighted by atomic mass is 10.2. The summed E-state index contributed by atoms with van der Waals surface area (Å²) >= 11 is 0. The predicted molar refractivity (Wildman–Crippen MR) is 109 cm³/mol. The third kappa shape index (κ3) is 4.03. The first kappa shape index (κ1) is 18.9. The maximum atomic E-state index is 11.6. The number of aromatic nitrogens is 1. The van der Waals surface area contributed by atoms with E-state index in [4.69, 9.17) is 14.2 Å². The van der Waals surface area contributed by atoms with Gasteiger partial charge >= 0.3 is 6.09 Å². The Labute approximate surface area is 168 Å². The number of carboxylic acid groups (broad SMARTS) is 1. The molecule has 150 valence electrons. The van der Waals surface area contributed by atoms with Crippen LogP contribution in [0.5, 0.6) is 23.0 Å². The van der Waals surface area contributed by atoms with Crippen LogP contribution in [0.2, 0.25) is 0 Å². The van der Waals surface area contributed by atoms with Crippen LogP contribution in [0.1, 0.15) is 12.8 Å². The van der Waals surface area contributed by atoms with Crippen LogP contribution in [-0.4, -0.2) is 36.9 Å². The lowest BCUT2D eigenvalue weighted by Crippen LogP contribution is -2.31. The molecule has 7 nitrogen and oxygen atoms in total. The fourth-order valence-electron chi connectivity index (χ4n) is 3.21. The molecule has 0 saturated heterocycles. The van der Waals surface area contributed by atoms with Crippen molar-refractivity contribution in [3.8, 4) is 23.0 Å². The maximum absolute atomic E-state index is 11.6. The second-order valence-electron chi connectivity index (χ2n) is 6.97. The number of pyridine rings is 1. The van der Waals surface area contributed by atoms with Crippen molar-refractivity contribution in [3.63, 3.8) is 0 Å². The standard InChI is InChI=1S/C22H22N2O5/c1-27-20-11-17-18(12-21(20)28-2)23-10-9-19(17)29-16-7-5-15(6-8-16)24(22(25)26)13-14-3-4-14/h5-12,14H,3-4,13H2,1-2H3,(H,25,26). The molecule has 1 heterocycles. The van der Waals surface area contributed by atoms with Gasteiger partial charge in [0.05, 0.1) is 19.7 Å². The minimum Gasteiger partial charge on any atom is -0.493 e. The summed E-state index contributed by atoms with van der Waals surface area (Å²) in [4.78, 5) is 17.3. The fraction of sp³-hybridized carbons (Fsp3) is 0.273. The second kappa shape index (κ2) is 7.87. The van der Waals surface area contributed by atoms with E-state index in [1.165, 1.54) is 4.90 Å². The lowest BCUT2D eigenvalue weighted by Gasteiger charge is -2.19. The molecule has 1 fully saturated rings. The molecule has 0 spiro atoms. The van der Waals surface area contributed by atoms with Gasteiger partial charge in [-0.25, -0.2) is 4.79 Å². The number of carbonyl (C=O) groups is 1. The van der Waals surface area contributed by atoms with Crippen molar-refractivity contribution in [2.75, 3.05) is 25.7 Å². The van der Waals surface area contributed by atoms with Gasteiger partial charge in [-0.3, -0.25) is 9.88 Å². The van der Waals surface area contributed by atoms with E-state index in [9.17, 15) is 9.90 Å². The molecule has 1 saturated carbocycles. The molecule has 0 radical (unpaired) electrons. The maximum Gasteiger partial charge on any atom is 0.411 e. The first-order valence-electron chi connectivity index (χ1n) is 9.38. The topological polar surface area (TPSA) is 81.1 Å². The number of methoxy groups -OCH3 is 2. The zero-order chi connectivity index (χ0) is 20.4. The Balaban J connectivity index is 1.60. The number of amides is 1. The van der Waals surface area contributed by atoms with Crippen molar-refractivity contribution < 1.29 is 24.1 Å². The SMILES string of the molecule is COc1cc2nccc(Oc3ccc(N(CC4CC4)C(=O)O)cc3)c2cc1OC. The van der Waals surface area contributed by atoms with Crippen LogP contribution in [0.25, 0.3) is 10.9 Å². The summed E-state index contributed by atoms with van der Waals surface area (Å²) in [7, 11) is 3.16. The second-order valence-corrected chi connectivity index (χ2v) is 6.97. The van der Waals surface area contributed by atoms with Gasteiger partial charge in [-0.15, -0.1) is 0 Å². The van der Waals surface area contributed by atoms with Crippen LogP contribution >= 0.6 is 0 Å². The van der Waals surface area contributed by atoms with E-state index in [-0.39, 0.29) is 0 Å². The summed E-state index contributed by atoms with van der Waals surface area (Å²) in [6, 6.07) is 12.5. The summed E-state index contributed by atoms with van der Waals surface area (Å²) in [6.07, 6.45) is 2.91. The molecule has 2 aromatic carbocycles. The third-order valence-corrected chi connectivity index (χ3v) is 4.95. The number of rotatable bonds is 7. The van der Waals surface area contributed by atoms with Crippen LogP contribution in [-0.2, 0) is 0 Å². The highest BCUT2D eigenvalue weighted by atomic mass is 16.5. The summed E-state index contributed by atoms with van der Waals surface area (Å²) in [6.45, 7) is 0.534. The number of anilines is 1. The first-order chi connectivity index (χ1) is 14.1. The van der Waals surface area contributed by atoms with Crippen LogP contribution in [0.4, 0.5) is 10.5 Å². The molecule has 7 heteroatoms. The van der Waals surface area contributed by atoms with E-state index >= 15 is 0 Å². The molecule has 1 aliphatic rings. The molecule has 29 heavy (non-hydrogen) atoms. The summed E-state index contributed by atoms with van der Waals surface area (Å²) in [5, 5.41) is 10.3. The Kier molecular flexibility index (Phi) is 5.12. The van der Waals surface area contributed by atoms with Crippen LogP contribution in [0.15, 0.2) is 48.7 Å². The summed E-state index contributed by atoms with van der Waals surface area (Å²) in [5.41, 5.74) is 1.36. The Morgan fingerprint density at radius 2 is 1.76 bits per heavy atom. The Morgan fingerprint density at radius 3 is 2.38 bits per heavy atom. The molecule has 1 N–H and O–H groups in total. The van der Waals surface area contributed by atoms with Crippen LogP contribution in [0.3, 0.4) is 0 Å². The average molecular weight is 394 g/mol. The molecular weight excluding hydrogens is 372 g/mol. The van der Waals surface area contributed by atoms with E-state index in [0.29, 0.717) is 41.1 Å². The minimum atomic E-state index is -0.938. The smallest absolute Gasteiger partial charge is 0.411 e. The molecule has 0 atom stereocenters. The van der Waals surface area contributed by atoms with Gasteiger partial charge in [0.15, 0.2) is 11.5 Å². The van der Waals surface area contributed by atoms with Gasteiger partial charge in [-0.1, -0.05) is 0 Å². The lowest BCUT2D eigenvalue weighted by molar-refractivity contribution is 0.201. The third-order valence-electron chi connectivity index (χ3n) is 4.95. The molecule has 1 aliphatic carbocycles. The summed E-state index contributed by atoms with van der Waals surface area (Å²) < 4.78 is 16.8. The molecular formula is C22H22N2O5. The Hall–Kier alpha value is -3.48. The van der Waals surface area contributed by atoms with Gasteiger partial charge in [0.25, 0.3) is 0 Å². The van der Waals surface area contributed by atoms with E-state index in [0.717, 1.165) is 23.7 Å². The highest BCUT2D eigenvalue weighted by Gasteiger charge is 2.27. The van der Waals surface area contributed by atoms with Gasteiger partial charge < -0.3 is 19.3 Å². The van der Waals surface area contributed by atoms with Crippen molar-refractivity contribution in [2.45, 2.75) is 12.8 Å². The Morgan fingerprint density at radius 1 is 1.07 bits per heavy atom. The Bertz CT molecular complexity index is 1030. The average Bonchev–Trinajstić information content (AvgIpc) is 3.56. The van der Waals surface area contributed by atoms with Gasteiger partial charge in [0.1, 0.15) is 11.5 Å². The van der Waals surface area contributed by atoms with Crippen molar-refractivity contribution in [3.05, 3.63) is 48.7 Å². The van der Waals surface area contributed by atoms with Crippen molar-refractivity contribution in [1.82, 2.24) is 4.98 Å². The van der Waals surface area contributed by atoms with Gasteiger partial charge in [0, 0.05) is 29.9 Å². The van der Waals surface area contributed by atoms with E-state index in [1.54, 1.807) is 56.8 Å². The minimum absolute atomic E-state index is 0.470. The molecule has 0 unspecified atom stereocenters. The number of nitrogens with zero attached hydrogens (tertiary/aromatic N) is 2. The van der Waals surface area contributed by atoms with Crippen LogP contribution in [0, 0.1) is 5.92 Å². The summed E-state index contributed by atoms with van der Waals surface area (Å²) in [5.74, 6) is 2.88. The van der Waals surface area contributed by atoms with Crippen molar-refractivity contribution >= 4 is 22.7 Å². The van der Waals surface area contributed by atoms with E-state index in [1.807, 2.05) is 6.07 Å². The fourth-order valence-corrected chi connectivity index (χ4v) is 3.21. The van der Waals surface area contributed by atoms with E-state index < -0.39 is 6.09 Å². The highest BCUT2D eigenvalue weighted by Crippen LogP contribution is 2.37. The van der Waals surface area contributed by atoms with Gasteiger partial charge in [0.2, 0.25) is 0 Å². The zero-order valence-corrected chi connectivity index (χ0v) is 16.3.